The smallest absolute Gasteiger partial charge is 0.410 e. The number of likely N-dealkylation sites (tertiary alicyclic amines) is 1. The molecule has 0 aliphatic carbocycles. The van der Waals surface area contributed by atoms with E-state index in [1.165, 1.54) is 4.90 Å². The van der Waals surface area contributed by atoms with Crippen molar-refractivity contribution in [1.29, 1.82) is 0 Å². The second kappa shape index (κ2) is 6.51. The van der Waals surface area contributed by atoms with Gasteiger partial charge in [-0.05, 0) is 12.0 Å². The van der Waals surface area contributed by atoms with Gasteiger partial charge in [0.2, 0.25) is 0 Å². The predicted octanol–water partition coefficient (Wildman–Crippen LogP) is 0.559. The molecule has 0 spiro atoms. The Bertz CT molecular complexity index is 410. The van der Waals surface area contributed by atoms with Gasteiger partial charge in [-0.1, -0.05) is 30.3 Å². The zero-order valence-corrected chi connectivity index (χ0v) is 10.6. The molecular weight excluding hydrogens is 248 g/mol. The monoisotopic (exact) mass is 266 g/mol. The van der Waals surface area contributed by atoms with E-state index in [0.29, 0.717) is 19.4 Å². The third kappa shape index (κ3) is 3.92. The standard InChI is InChI=1S/C13H18N2O4/c16-13(19-10-11-5-2-1-3-6-11)14-8-4-7-12(9-14)15(17)18/h1-3,5-6,12,15,17H,4,7-10H2/t12-/m1/s1. The maximum atomic E-state index is 11.9. The molecule has 1 aromatic carbocycles. The summed E-state index contributed by atoms with van der Waals surface area (Å²) in [7, 11) is 0. The average molecular weight is 266 g/mol. The highest BCUT2D eigenvalue weighted by atomic mass is 16.8. The van der Waals surface area contributed by atoms with Crippen LogP contribution in [-0.2, 0) is 11.3 Å². The van der Waals surface area contributed by atoms with Crippen molar-refractivity contribution in [2.45, 2.75) is 25.5 Å². The fourth-order valence-corrected chi connectivity index (χ4v) is 2.16. The SMILES string of the molecule is O=C(OCc1ccccc1)N1CCC[C@@H]([NH+]([O-])O)C1. The molecular formula is C13H18N2O4. The van der Waals surface area contributed by atoms with Crippen LogP contribution in [0.4, 0.5) is 4.79 Å². The Morgan fingerprint density at radius 3 is 2.89 bits per heavy atom. The van der Waals surface area contributed by atoms with Gasteiger partial charge >= 0.3 is 6.09 Å². The van der Waals surface area contributed by atoms with Gasteiger partial charge in [0.1, 0.15) is 12.6 Å². The van der Waals surface area contributed by atoms with Gasteiger partial charge in [-0.3, -0.25) is 0 Å². The summed E-state index contributed by atoms with van der Waals surface area (Å²) in [5, 5.41) is 19.0. The number of hydrogen-bond donors (Lipinski definition) is 2. The Labute approximate surface area is 111 Å². The summed E-state index contributed by atoms with van der Waals surface area (Å²) < 4.78 is 5.19. The zero-order valence-electron chi connectivity index (χ0n) is 10.6. The Balaban J connectivity index is 1.83. The average Bonchev–Trinajstić information content (AvgIpc) is 2.46. The van der Waals surface area contributed by atoms with Crippen LogP contribution < -0.4 is 5.23 Å². The Hall–Kier alpha value is -1.63. The van der Waals surface area contributed by atoms with E-state index in [0.717, 1.165) is 5.56 Å². The third-order valence-corrected chi connectivity index (χ3v) is 3.23. The first-order valence-corrected chi connectivity index (χ1v) is 6.35. The molecule has 2 atom stereocenters. The number of quaternary nitrogens is 1. The second-order valence-electron chi connectivity index (χ2n) is 4.66. The number of rotatable bonds is 3. The first kappa shape index (κ1) is 13.8. The van der Waals surface area contributed by atoms with Crippen molar-refractivity contribution in [1.82, 2.24) is 4.90 Å². The minimum Gasteiger partial charge on any atom is -0.600 e. The summed E-state index contributed by atoms with van der Waals surface area (Å²) >= 11 is 0. The lowest BCUT2D eigenvalue weighted by atomic mass is 10.1. The molecule has 6 heteroatoms. The first-order chi connectivity index (χ1) is 9.16. The number of carbonyl (C=O) groups is 1. The van der Waals surface area contributed by atoms with Crippen LogP contribution in [0.1, 0.15) is 18.4 Å². The molecule has 0 saturated carbocycles. The lowest BCUT2D eigenvalue weighted by Gasteiger charge is -2.34. The van der Waals surface area contributed by atoms with Crippen molar-refractivity contribution in [3.63, 3.8) is 0 Å². The molecule has 1 aliphatic heterocycles. The van der Waals surface area contributed by atoms with Crippen molar-refractivity contribution in [3.05, 3.63) is 41.1 Å². The van der Waals surface area contributed by atoms with Crippen LogP contribution in [0.3, 0.4) is 0 Å². The topological polar surface area (TPSA) is 77.3 Å². The molecule has 6 nitrogen and oxygen atoms in total. The molecule has 1 fully saturated rings. The van der Waals surface area contributed by atoms with Crippen molar-refractivity contribution >= 4 is 6.09 Å². The van der Waals surface area contributed by atoms with Gasteiger partial charge in [-0.2, -0.15) is 0 Å². The highest BCUT2D eigenvalue weighted by molar-refractivity contribution is 5.67. The summed E-state index contributed by atoms with van der Waals surface area (Å²) in [6.45, 7) is 1.02. The largest absolute Gasteiger partial charge is 0.600 e. The molecule has 104 valence electrons. The van der Waals surface area contributed by atoms with Gasteiger partial charge in [0.25, 0.3) is 0 Å². The van der Waals surface area contributed by atoms with E-state index in [-0.39, 0.29) is 13.2 Å². The lowest BCUT2D eigenvalue weighted by Crippen LogP contribution is -3.10. The van der Waals surface area contributed by atoms with Gasteiger partial charge in [-0.15, -0.1) is 0 Å². The highest BCUT2D eigenvalue weighted by Crippen LogP contribution is 2.10. The van der Waals surface area contributed by atoms with Crippen LogP contribution in [0.15, 0.2) is 30.3 Å². The molecule has 0 bridgehead atoms. The van der Waals surface area contributed by atoms with Gasteiger partial charge < -0.3 is 14.8 Å². The first-order valence-electron chi connectivity index (χ1n) is 6.35. The molecule has 2 rings (SSSR count). The number of nitrogens with one attached hydrogen (secondary N) is 1. The summed E-state index contributed by atoms with van der Waals surface area (Å²) in [6, 6.07) is 8.94. The minimum atomic E-state index is -0.847. The summed E-state index contributed by atoms with van der Waals surface area (Å²) in [5.74, 6) is 0. The van der Waals surface area contributed by atoms with E-state index < -0.39 is 17.4 Å². The van der Waals surface area contributed by atoms with Crippen LogP contribution in [0.25, 0.3) is 0 Å². The molecule has 0 aromatic heterocycles. The molecule has 1 aliphatic rings. The molecule has 0 radical (unpaired) electrons. The van der Waals surface area contributed by atoms with Crippen LogP contribution in [-0.4, -0.2) is 35.3 Å². The summed E-state index contributed by atoms with van der Waals surface area (Å²) in [5.41, 5.74) is 0.919. The Morgan fingerprint density at radius 1 is 1.47 bits per heavy atom. The molecule has 1 saturated heterocycles. The van der Waals surface area contributed by atoms with Crippen molar-refractivity contribution in [2.75, 3.05) is 13.1 Å². The molecule has 2 N–H and O–H groups in total. The molecule has 1 aromatic rings. The van der Waals surface area contributed by atoms with E-state index in [4.69, 9.17) is 9.94 Å². The van der Waals surface area contributed by atoms with Crippen LogP contribution in [0.2, 0.25) is 0 Å². The van der Waals surface area contributed by atoms with E-state index in [1.54, 1.807) is 0 Å². The molecule has 19 heavy (non-hydrogen) atoms. The fourth-order valence-electron chi connectivity index (χ4n) is 2.16. The number of hydroxylamine groups is 2. The highest BCUT2D eigenvalue weighted by Gasteiger charge is 2.28. The second-order valence-corrected chi connectivity index (χ2v) is 4.66. The van der Waals surface area contributed by atoms with Gasteiger partial charge in [0, 0.05) is 13.0 Å². The minimum absolute atomic E-state index is 0.216. The Kier molecular flexibility index (Phi) is 4.73. The van der Waals surface area contributed by atoms with Crippen LogP contribution in [0, 0.1) is 5.21 Å². The number of carbonyl (C=O) groups excluding carboxylic acids is 1. The number of ether oxygens (including phenoxy) is 1. The van der Waals surface area contributed by atoms with E-state index in [2.05, 4.69) is 0 Å². The quantitative estimate of drug-likeness (QED) is 0.784. The van der Waals surface area contributed by atoms with Gasteiger partial charge in [0.15, 0.2) is 0 Å². The van der Waals surface area contributed by atoms with Gasteiger partial charge in [-0.25, -0.2) is 15.2 Å². The van der Waals surface area contributed by atoms with Gasteiger partial charge in [0.05, 0.1) is 6.54 Å². The normalized spacial score (nSPS) is 20.9. The number of nitrogens with zero attached hydrogens (tertiary/aromatic N) is 1. The molecule has 1 unspecified atom stereocenters. The maximum Gasteiger partial charge on any atom is 0.410 e. The summed E-state index contributed by atoms with van der Waals surface area (Å²) in [6.07, 6.45) is 0.893. The number of hydrogen-bond acceptors (Lipinski definition) is 4. The van der Waals surface area contributed by atoms with Crippen molar-refractivity contribution in [2.24, 2.45) is 0 Å². The number of amides is 1. The zero-order chi connectivity index (χ0) is 13.7. The van der Waals surface area contributed by atoms with E-state index >= 15 is 0 Å². The van der Waals surface area contributed by atoms with Crippen molar-refractivity contribution in [3.8, 4) is 0 Å². The fraction of sp³-hybridized carbons (Fsp3) is 0.462. The Morgan fingerprint density at radius 2 is 2.21 bits per heavy atom. The summed E-state index contributed by atoms with van der Waals surface area (Å²) in [4.78, 5) is 13.3. The molecule has 1 heterocycles. The van der Waals surface area contributed by atoms with Crippen LogP contribution >= 0.6 is 0 Å². The van der Waals surface area contributed by atoms with E-state index in [9.17, 15) is 10.0 Å². The van der Waals surface area contributed by atoms with E-state index in [1.807, 2.05) is 30.3 Å². The third-order valence-electron chi connectivity index (χ3n) is 3.23. The number of benzene rings is 1. The lowest BCUT2D eigenvalue weighted by molar-refractivity contribution is -1.07. The molecule has 1 amide bonds. The van der Waals surface area contributed by atoms with Crippen molar-refractivity contribution < 1.29 is 20.0 Å². The predicted molar refractivity (Wildman–Crippen MR) is 67.3 cm³/mol. The van der Waals surface area contributed by atoms with Crippen LogP contribution in [0.5, 0.6) is 0 Å². The maximum absolute atomic E-state index is 11.9. The number of piperidine rings is 1.